The summed E-state index contributed by atoms with van der Waals surface area (Å²) < 4.78 is 16.9. The van der Waals surface area contributed by atoms with E-state index in [0.717, 1.165) is 83.5 Å². The van der Waals surface area contributed by atoms with Crippen LogP contribution in [0.2, 0.25) is 0 Å². The highest BCUT2D eigenvalue weighted by Crippen LogP contribution is 2.19. The molecule has 74 heavy (non-hydrogen) atoms. The lowest BCUT2D eigenvalue weighted by Crippen LogP contribution is -2.30. The predicted octanol–water partition coefficient (Wildman–Crippen LogP) is 22.6. The molecule has 6 nitrogen and oxygen atoms in total. The van der Waals surface area contributed by atoms with Crippen LogP contribution in [-0.4, -0.2) is 37.2 Å². The first-order chi connectivity index (χ1) is 36.5. The van der Waals surface area contributed by atoms with E-state index >= 15 is 0 Å². The molecule has 0 fully saturated rings. The van der Waals surface area contributed by atoms with Crippen molar-refractivity contribution in [1.82, 2.24) is 0 Å². The van der Waals surface area contributed by atoms with Crippen molar-refractivity contribution in [2.24, 2.45) is 0 Å². The molecule has 0 aromatic heterocycles. The lowest BCUT2D eigenvalue weighted by Gasteiger charge is -2.18. The zero-order valence-corrected chi connectivity index (χ0v) is 50.1. The summed E-state index contributed by atoms with van der Waals surface area (Å²) in [4.78, 5) is 38.3. The standard InChI is InChI=1S/C68H128O6/c1-4-7-10-13-16-19-22-25-27-29-31-32-33-34-35-36-37-39-40-43-46-49-52-55-58-61-67(70)73-64-65(63-72-66(69)60-57-54-51-48-45-42-24-21-18-15-12-9-6-3)74-68(71)62-59-56-53-50-47-44-41-38-30-28-26-23-20-17-14-11-8-5-2/h12,15,21,24,65H,4-11,13-14,16-20,22-23,25-64H2,1-3H3/b15-12-,24-21-. The van der Waals surface area contributed by atoms with Crippen LogP contribution in [0.1, 0.15) is 374 Å². The summed E-state index contributed by atoms with van der Waals surface area (Å²) in [5.74, 6) is -0.855. The van der Waals surface area contributed by atoms with Gasteiger partial charge >= 0.3 is 17.9 Å². The normalized spacial score (nSPS) is 12.1. The van der Waals surface area contributed by atoms with Crippen LogP contribution in [0.25, 0.3) is 0 Å². The Kier molecular flexibility index (Phi) is 61.6. The van der Waals surface area contributed by atoms with Gasteiger partial charge in [0.05, 0.1) is 0 Å². The molecule has 1 unspecified atom stereocenters. The number of esters is 3. The number of ether oxygens (including phenoxy) is 3. The van der Waals surface area contributed by atoms with Crippen molar-refractivity contribution < 1.29 is 28.6 Å². The van der Waals surface area contributed by atoms with E-state index in [-0.39, 0.29) is 31.1 Å². The van der Waals surface area contributed by atoms with Gasteiger partial charge < -0.3 is 14.2 Å². The molecule has 436 valence electrons. The fourth-order valence-corrected chi connectivity index (χ4v) is 10.2. The third-order valence-corrected chi connectivity index (χ3v) is 15.2. The van der Waals surface area contributed by atoms with Crippen molar-refractivity contribution in [2.75, 3.05) is 13.2 Å². The van der Waals surface area contributed by atoms with E-state index in [0.29, 0.717) is 19.3 Å². The van der Waals surface area contributed by atoms with E-state index in [1.54, 1.807) is 0 Å². The van der Waals surface area contributed by atoms with E-state index in [1.165, 1.54) is 250 Å². The topological polar surface area (TPSA) is 78.9 Å². The fraction of sp³-hybridized carbons (Fsp3) is 0.897. The smallest absolute Gasteiger partial charge is 0.306 e. The largest absolute Gasteiger partial charge is 0.462 e. The maximum atomic E-state index is 12.9. The van der Waals surface area contributed by atoms with Crippen LogP contribution >= 0.6 is 0 Å². The van der Waals surface area contributed by atoms with Crippen molar-refractivity contribution in [2.45, 2.75) is 380 Å². The van der Waals surface area contributed by atoms with Crippen LogP contribution in [0.4, 0.5) is 0 Å². The van der Waals surface area contributed by atoms with Gasteiger partial charge in [0.25, 0.3) is 0 Å². The second-order valence-electron chi connectivity index (χ2n) is 22.7. The third-order valence-electron chi connectivity index (χ3n) is 15.2. The minimum atomic E-state index is -0.773. The minimum absolute atomic E-state index is 0.0696. The second-order valence-corrected chi connectivity index (χ2v) is 22.7. The molecular formula is C68H128O6. The molecule has 0 rings (SSSR count). The molecule has 0 saturated carbocycles. The minimum Gasteiger partial charge on any atom is -0.462 e. The van der Waals surface area contributed by atoms with E-state index in [2.05, 4.69) is 45.1 Å². The van der Waals surface area contributed by atoms with Crippen molar-refractivity contribution in [3.63, 3.8) is 0 Å². The Morgan fingerprint density at radius 1 is 0.270 bits per heavy atom. The number of hydrogen-bond donors (Lipinski definition) is 0. The van der Waals surface area contributed by atoms with Crippen LogP contribution in [0, 0.1) is 0 Å². The van der Waals surface area contributed by atoms with Crippen molar-refractivity contribution >= 4 is 17.9 Å². The van der Waals surface area contributed by atoms with Crippen molar-refractivity contribution in [1.29, 1.82) is 0 Å². The lowest BCUT2D eigenvalue weighted by molar-refractivity contribution is -0.167. The average molecular weight is 1040 g/mol. The quantitative estimate of drug-likeness (QED) is 0.0261. The van der Waals surface area contributed by atoms with Gasteiger partial charge in [-0.05, 0) is 44.9 Å². The fourth-order valence-electron chi connectivity index (χ4n) is 10.2. The monoisotopic (exact) mass is 1040 g/mol. The Morgan fingerprint density at radius 3 is 0.797 bits per heavy atom. The van der Waals surface area contributed by atoms with Gasteiger partial charge in [0.1, 0.15) is 13.2 Å². The molecule has 0 aliphatic rings. The molecule has 0 aliphatic carbocycles. The summed E-state index contributed by atoms with van der Waals surface area (Å²) in [7, 11) is 0. The Hall–Kier alpha value is -2.11. The van der Waals surface area contributed by atoms with E-state index in [9.17, 15) is 14.4 Å². The van der Waals surface area contributed by atoms with E-state index in [1.807, 2.05) is 0 Å². The molecule has 0 radical (unpaired) electrons. The molecule has 0 aromatic carbocycles. The Balaban J connectivity index is 4.21. The molecule has 0 aliphatic heterocycles. The molecule has 0 aromatic rings. The zero-order valence-electron chi connectivity index (χ0n) is 50.1. The summed E-state index contributed by atoms with van der Waals surface area (Å²) in [6.45, 7) is 6.64. The van der Waals surface area contributed by atoms with Crippen LogP contribution in [-0.2, 0) is 28.6 Å². The first kappa shape index (κ1) is 71.9. The van der Waals surface area contributed by atoms with Gasteiger partial charge in [-0.2, -0.15) is 0 Å². The van der Waals surface area contributed by atoms with Gasteiger partial charge in [0.2, 0.25) is 0 Å². The molecule has 0 N–H and O–H groups in total. The predicted molar refractivity (Wildman–Crippen MR) is 321 cm³/mol. The van der Waals surface area contributed by atoms with Gasteiger partial charge in [-0.3, -0.25) is 14.4 Å². The van der Waals surface area contributed by atoms with Gasteiger partial charge in [-0.25, -0.2) is 0 Å². The SMILES string of the molecule is CCC/C=C\C/C=C\CCCCCCCC(=O)OCC(COC(=O)CCCCCCCCCCCCCCCCCCCCCCCCCCC)OC(=O)CCCCCCCCCCCCCCCCCCCC. The molecule has 1 atom stereocenters. The van der Waals surface area contributed by atoms with E-state index in [4.69, 9.17) is 14.2 Å². The van der Waals surface area contributed by atoms with Crippen LogP contribution in [0.5, 0.6) is 0 Å². The number of unbranched alkanes of at least 4 members (excludes halogenated alkanes) is 47. The van der Waals surface area contributed by atoms with Gasteiger partial charge in [-0.15, -0.1) is 0 Å². The summed E-state index contributed by atoms with van der Waals surface area (Å²) in [5.41, 5.74) is 0. The van der Waals surface area contributed by atoms with Crippen LogP contribution < -0.4 is 0 Å². The molecular weight excluding hydrogens is 913 g/mol. The lowest BCUT2D eigenvalue weighted by atomic mass is 10.0. The first-order valence-corrected chi connectivity index (χ1v) is 33.3. The summed E-state index contributed by atoms with van der Waals surface area (Å²) in [6, 6.07) is 0. The van der Waals surface area contributed by atoms with Crippen molar-refractivity contribution in [3.8, 4) is 0 Å². The van der Waals surface area contributed by atoms with E-state index < -0.39 is 6.10 Å². The summed E-state index contributed by atoms with van der Waals surface area (Å²) in [6.07, 6.45) is 76.3. The van der Waals surface area contributed by atoms with Gasteiger partial charge in [0, 0.05) is 19.3 Å². The third kappa shape index (κ3) is 60.8. The highest BCUT2D eigenvalue weighted by atomic mass is 16.6. The molecule has 0 saturated heterocycles. The Labute approximate surface area is 462 Å². The Bertz CT molecular complexity index is 1190. The maximum Gasteiger partial charge on any atom is 0.306 e. The molecule has 0 amide bonds. The zero-order chi connectivity index (χ0) is 53.6. The summed E-state index contributed by atoms with van der Waals surface area (Å²) >= 11 is 0. The van der Waals surface area contributed by atoms with Crippen molar-refractivity contribution in [3.05, 3.63) is 24.3 Å². The molecule has 6 heteroatoms. The molecule has 0 bridgehead atoms. The maximum absolute atomic E-state index is 12.9. The number of allylic oxidation sites excluding steroid dienone is 4. The number of rotatable bonds is 62. The molecule has 0 heterocycles. The highest BCUT2D eigenvalue weighted by molar-refractivity contribution is 5.71. The number of carbonyl (C=O) groups is 3. The van der Waals surface area contributed by atoms with Gasteiger partial charge in [0.15, 0.2) is 6.10 Å². The highest BCUT2D eigenvalue weighted by Gasteiger charge is 2.19. The van der Waals surface area contributed by atoms with Gasteiger partial charge in [-0.1, -0.05) is 334 Å². The Morgan fingerprint density at radius 2 is 0.514 bits per heavy atom. The average Bonchev–Trinajstić information content (AvgIpc) is 3.40. The number of hydrogen-bond acceptors (Lipinski definition) is 6. The molecule has 0 spiro atoms. The van der Waals surface area contributed by atoms with Crippen LogP contribution in [0.15, 0.2) is 24.3 Å². The summed E-state index contributed by atoms with van der Waals surface area (Å²) in [5, 5.41) is 0. The first-order valence-electron chi connectivity index (χ1n) is 33.3. The van der Waals surface area contributed by atoms with Crippen LogP contribution in [0.3, 0.4) is 0 Å². The number of carbonyl (C=O) groups excluding carboxylic acids is 3. The second kappa shape index (κ2) is 63.4.